The number of ether oxygens (including phenoxy) is 2. The highest BCUT2D eigenvalue weighted by atomic mass is 16.5. The van der Waals surface area contributed by atoms with Crippen LogP contribution in [0.5, 0.6) is 0 Å². The molecular formula is C34H55NO5. The van der Waals surface area contributed by atoms with E-state index in [1.54, 1.807) is 19.9 Å². The second-order valence-corrected chi connectivity index (χ2v) is 9.63. The molecule has 0 aromatic heterocycles. The minimum Gasteiger partial charge on any atom is -0.465 e. The predicted molar refractivity (Wildman–Crippen MR) is 168 cm³/mol. The zero-order chi connectivity index (χ0) is 30.5. The van der Waals surface area contributed by atoms with Crippen molar-refractivity contribution in [1.29, 1.82) is 0 Å². The molecule has 0 spiro atoms. The van der Waals surface area contributed by atoms with Crippen LogP contribution in [0, 0.1) is 5.41 Å². The summed E-state index contributed by atoms with van der Waals surface area (Å²) in [4.78, 5) is 35.5. The van der Waals surface area contributed by atoms with Gasteiger partial charge in [0.1, 0.15) is 11.9 Å². The van der Waals surface area contributed by atoms with Crippen molar-refractivity contribution in [3.63, 3.8) is 0 Å². The van der Waals surface area contributed by atoms with E-state index in [9.17, 15) is 14.4 Å². The lowest BCUT2D eigenvalue weighted by Gasteiger charge is -2.31. The van der Waals surface area contributed by atoms with Crippen LogP contribution < -0.4 is 5.32 Å². The summed E-state index contributed by atoms with van der Waals surface area (Å²) < 4.78 is 10.7. The second kappa shape index (κ2) is 27.6. The number of methoxy groups -OCH3 is 1. The Morgan fingerprint density at radius 2 is 1.18 bits per heavy atom. The first-order chi connectivity index (χ1) is 19.2. The van der Waals surface area contributed by atoms with Crippen molar-refractivity contribution in [2.75, 3.05) is 20.3 Å². The molecule has 226 valence electrons. The molecule has 0 saturated heterocycles. The molecule has 0 fully saturated rings. The highest BCUT2D eigenvalue weighted by Crippen LogP contribution is 2.24. The van der Waals surface area contributed by atoms with Crippen LogP contribution in [-0.2, 0) is 23.9 Å². The maximum absolute atomic E-state index is 12.4. The van der Waals surface area contributed by atoms with E-state index in [4.69, 9.17) is 9.47 Å². The zero-order valence-corrected chi connectivity index (χ0v) is 26.1. The molecule has 1 N–H and O–H groups in total. The molecule has 0 aliphatic heterocycles. The lowest BCUT2D eigenvalue weighted by Crippen LogP contribution is -2.47. The van der Waals surface area contributed by atoms with Crippen LogP contribution in [-0.4, -0.2) is 44.0 Å². The smallest absolute Gasteiger partial charge is 0.309 e. The first kappa shape index (κ1) is 39.2. The molecule has 6 nitrogen and oxygen atoms in total. The van der Waals surface area contributed by atoms with Gasteiger partial charge in [0.15, 0.2) is 0 Å². The lowest BCUT2D eigenvalue weighted by molar-refractivity contribution is -0.154. The quantitative estimate of drug-likeness (QED) is 0.115. The van der Waals surface area contributed by atoms with Crippen molar-refractivity contribution in [2.45, 2.75) is 99.0 Å². The first-order valence-corrected chi connectivity index (χ1v) is 14.6. The van der Waals surface area contributed by atoms with Gasteiger partial charge in [0.25, 0.3) is 0 Å². The number of esters is 1. The van der Waals surface area contributed by atoms with Gasteiger partial charge in [-0.1, -0.05) is 108 Å². The van der Waals surface area contributed by atoms with Gasteiger partial charge < -0.3 is 14.8 Å². The third-order valence-electron chi connectivity index (χ3n) is 5.45. The molecule has 0 unspecified atom stereocenters. The summed E-state index contributed by atoms with van der Waals surface area (Å²) in [6.45, 7) is 11.5. The van der Waals surface area contributed by atoms with Crippen LogP contribution in [0.15, 0.2) is 72.9 Å². The first-order valence-electron chi connectivity index (χ1n) is 14.6. The van der Waals surface area contributed by atoms with Gasteiger partial charge >= 0.3 is 5.97 Å². The normalized spacial score (nSPS) is 13.1. The number of Topliss-reactive ketones (excluding diaryl/α,β-unsaturated/α-hetero) is 1. The summed E-state index contributed by atoms with van der Waals surface area (Å²) in [5.41, 5.74) is -0.719. The highest BCUT2D eigenvalue weighted by Gasteiger charge is 2.36. The monoisotopic (exact) mass is 557 g/mol. The van der Waals surface area contributed by atoms with Crippen molar-refractivity contribution in [2.24, 2.45) is 5.41 Å². The number of nitrogens with one attached hydrogen (secondary N) is 1. The number of hydrogen-bond donors (Lipinski definition) is 1. The minimum atomic E-state index is -0.798. The molecule has 0 aliphatic carbocycles. The molecular weight excluding hydrogens is 502 g/mol. The third kappa shape index (κ3) is 24.1. The summed E-state index contributed by atoms with van der Waals surface area (Å²) in [6, 6.07) is 0. The molecule has 0 radical (unpaired) electrons. The Morgan fingerprint density at radius 1 is 0.750 bits per heavy atom. The van der Waals surface area contributed by atoms with E-state index in [-0.39, 0.29) is 43.7 Å². The average molecular weight is 558 g/mol. The standard InChI is InChI=1S/C32H49NO5.C2H6/c1-6-7-8-9-10-11-12-13-14-15-16-17-18-19-20-21-22-23-24-29(35)38-27-32(3,4)30(37-5)31(36)33-26-25-28(2)34;1-2/h7-8,10-11,13-14,16-17,19-20,22-23,30H,6,9,12,15,18,21,24-27H2,1-5H3,(H,33,36);1-2H3/b8-7-,11-10-,14-13-,17-16-,20-19-,23-22-;/t30-;/m0./s1. The number of allylic oxidation sites excluding steroid dienone is 11. The molecule has 0 aromatic carbocycles. The largest absolute Gasteiger partial charge is 0.465 e. The molecule has 0 saturated carbocycles. The molecule has 40 heavy (non-hydrogen) atoms. The number of hydrogen-bond acceptors (Lipinski definition) is 5. The third-order valence-corrected chi connectivity index (χ3v) is 5.45. The Balaban J connectivity index is 0. The average Bonchev–Trinajstić information content (AvgIpc) is 2.92. The van der Waals surface area contributed by atoms with E-state index in [1.165, 1.54) is 14.0 Å². The van der Waals surface area contributed by atoms with Crippen LogP contribution in [0.1, 0.15) is 92.9 Å². The summed E-state index contributed by atoms with van der Waals surface area (Å²) >= 11 is 0. The van der Waals surface area contributed by atoms with Crippen molar-refractivity contribution in [1.82, 2.24) is 5.32 Å². The van der Waals surface area contributed by atoms with Gasteiger partial charge in [0.05, 0.1) is 13.0 Å². The summed E-state index contributed by atoms with van der Waals surface area (Å²) in [5, 5.41) is 2.69. The van der Waals surface area contributed by atoms with E-state index in [2.05, 4.69) is 73.0 Å². The Kier molecular flexibility index (Phi) is 27.0. The summed E-state index contributed by atoms with van der Waals surface area (Å²) in [7, 11) is 1.44. The molecule has 6 heteroatoms. The van der Waals surface area contributed by atoms with Crippen molar-refractivity contribution in [3.05, 3.63) is 72.9 Å². The Hall–Kier alpha value is -2.99. The molecule has 0 heterocycles. The second-order valence-electron chi connectivity index (χ2n) is 9.63. The molecule has 0 aliphatic rings. The predicted octanol–water partition coefficient (Wildman–Crippen LogP) is 7.78. The molecule has 0 bridgehead atoms. The lowest BCUT2D eigenvalue weighted by atomic mass is 9.86. The molecule has 1 amide bonds. The molecule has 1 atom stereocenters. The fourth-order valence-electron chi connectivity index (χ4n) is 3.34. The van der Waals surface area contributed by atoms with Gasteiger partial charge in [-0.05, 0) is 45.4 Å². The minimum absolute atomic E-state index is 0.00172. The maximum atomic E-state index is 12.4. The fraction of sp³-hybridized carbons (Fsp3) is 0.559. The summed E-state index contributed by atoms with van der Waals surface area (Å²) in [6.07, 6.45) is 30.6. The van der Waals surface area contributed by atoms with Gasteiger partial charge in [-0.2, -0.15) is 0 Å². The van der Waals surface area contributed by atoms with Crippen LogP contribution in [0.25, 0.3) is 0 Å². The maximum Gasteiger partial charge on any atom is 0.309 e. The van der Waals surface area contributed by atoms with Gasteiger partial charge in [-0.15, -0.1) is 0 Å². The van der Waals surface area contributed by atoms with Crippen molar-refractivity contribution >= 4 is 17.7 Å². The SMILES string of the molecule is CC.CC/C=C\C/C=C\C/C=C\C/C=C\C/C=C\C/C=C\CC(=O)OCC(C)(C)[C@@H](OC)C(=O)NCCC(C)=O. The van der Waals surface area contributed by atoms with Gasteiger partial charge in [-0.25, -0.2) is 0 Å². The fourth-order valence-corrected chi connectivity index (χ4v) is 3.34. The van der Waals surface area contributed by atoms with Crippen LogP contribution >= 0.6 is 0 Å². The highest BCUT2D eigenvalue weighted by molar-refractivity contribution is 5.82. The number of carbonyl (C=O) groups is 3. The van der Waals surface area contributed by atoms with Crippen LogP contribution in [0.2, 0.25) is 0 Å². The van der Waals surface area contributed by atoms with E-state index in [0.29, 0.717) is 0 Å². The topological polar surface area (TPSA) is 81.7 Å². The molecule has 0 aromatic rings. The van der Waals surface area contributed by atoms with E-state index >= 15 is 0 Å². The summed E-state index contributed by atoms with van der Waals surface area (Å²) in [5.74, 6) is -0.682. The van der Waals surface area contributed by atoms with Crippen LogP contribution in [0.3, 0.4) is 0 Å². The van der Waals surface area contributed by atoms with Crippen molar-refractivity contribution < 1.29 is 23.9 Å². The van der Waals surface area contributed by atoms with Gasteiger partial charge in [0.2, 0.25) is 5.91 Å². The number of amides is 1. The van der Waals surface area contributed by atoms with Gasteiger partial charge in [-0.3, -0.25) is 14.4 Å². The van der Waals surface area contributed by atoms with Gasteiger partial charge in [0, 0.05) is 25.5 Å². The zero-order valence-electron chi connectivity index (χ0n) is 26.1. The Labute approximate surface area is 244 Å². The van der Waals surface area contributed by atoms with E-state index < -0.39 is 11.5 Å². The Bertz CT molecular complexity index is 846. The van der Waals surface area contributed by atoms with Crippen molar-refractivity contribution in [3.8, 4) is 0 Å². The Morgan fingerprint density at radius 3 is 1.57 bits per heavy atom. The number of ketones is 1. The van der Waals surface area contributed by atoms with Crippen LogP contribution in [0.4, 0.5) is 0 Å². The van der Waals surface area contributed by atoms with E-state index in [0.717, 1.165) is 38.5 Å². The molecule has 0 rings (SSSR count). The van der Waals surface area contributed by atoms with E-state index in [1.807, 2.05) is 19.9 Å². The number of rotatable bonds is 21. The number of carbonyl (C=O) groups excluding carboxylic acids is 3.